The highest BCUT2D eigenvalue weighted by Crippen LogP contribution is 2.28. The number of hydrogen-bond donors (Lipinski definition) is 2. The normalized spacial score (nSPS) is 22.7. The van der Waals surface area contributed by atoms with Crippen molar-refractivity contribution in [3.8, 4) is 0 Å². The zero-order valence-electron chi connectivity index (χ0n) is 12.2. The molecule has 104 valence electrons. The highest BCUT2D eigenvalue weighted by Gasteiger charge is 2.38. The number of rotatable bonds is 4. The van der Waals surface area contributed by atoms with Crippen molar-refractivity contribution in [3.63, 3.8) is 0 Å². The Kier molecular flexibility index (Phi) is 4.11. The molecular weight excluding hydrogens is 254 g/mol. The summed E-state index contributed by atoms with van der Waals surface area (Å²) in [7, 11) is 0. The maximum atomic E-state index is 5.51. The van der Waals surface area contributed by atoms with Crippen LogP contribution in [0, 0.1) is 13.8 Å². The van der Waals surface area contributed by atoms with Crippen molar-refractivity contribution in [1.29, 1.82) is 0 Å². The molecular formula is C15H23N3S. The molecule has 1 aliphatic heterocycles. The predicted octanol–water partition coefficient (Wildman–Crippen LogP) is 3.41. The Labute approximate surface area is 121 Å². The molecule has 0 saturated carbocycles. The van der Waals surface area contributed by atoms with Gasteiger partial charge in [0, 0.05) is 0 Å². The molecule has 1 aromatic rings. The first-order valence-electron chi connectivity index (χ1n) is 6.99. The van der Waals surface area contributed by atoms with Crippen LogP contribution in [0.25, 0.3) is 0 Å². The lowest BCUT2D eigenvalue weighted by molar-refractivity contribution is 0.300. The molecule has 0 aliphatic carbocycles. The molecule has 1 aliphatic rings. The van der Waals surface area contributed by atoms with Gasteiger partial charge in [0.05, 0.1) is 5.69 Å². The Morgan fingerprint density at radius 1 is 1.26 bits per heavy atom. The van der Waals surface area contributed by atoms with Crippen LogP contribution in [-0.4, -0.2) is 10.8 Å². The first kappa shape index (κ1) is 14.3. The van der Waals surface area contributed by atoms with E-state index >= 15 is 0 Å². The zero-order chi connectivity index (χ0) is 14.0. The molecule has 2 N–H and O–H groups in total. The highest BCUT2D eigenvalue weighted by molar-refractivity contribution is 7.80. The Morgan fingerprint density at radius 2 is 2.00 bits per heavy atom. The molecule has 1 heterocycles. The van der Waals surface area contributed by atoms with E-state index in [0.717, 1.165) is 30.1 Å². The van der Waals surface area contributed by atoms with E-state index in [9.17, 15) is 0 Å². The quantitative estimate of drug-likeness (QED) is 0.825. The van der Waals surface area contributed by atoms with Gasteiger partial charge in [-0.3, -0.25) is 0 Å². The zero-order valence-corrected chi connectivity index (χ0v) is 13.0. The van der Waals surface area contributed by atoms with Gasteiger partial charge in [-0.2, -0.15) is 0 Å². The van der Waals surface area contributed by atoms with E-state index < -0.39 is 0 Å². The first-order valence-corrected chi connectivity index (χ1v) is 7.40. The summed E-state index contributed by atoms with van der Waals surface area (Å²) in [5.41, 5.74) is 7.17. The number of hydrogen-bond acceptors (Lipinski definition) is 2. The molecule has 0 radical (unpaired) electrons. The lowest BCUT2D eigenvalue weighted by Crippen LogP contribution is -2.50. The molecule has 1 saturated heterocycles. The van der Waals surface area contributed by atoms with E-state index in [2.05, 4.69) is 56.6 Å². The van der Waals surface area contributed by atoms with Crippen LogP contribution >= 0.6 is 12.2 Å². The van der Waals surface area contributed by atoms with Crippen LogP contribution in [0.5, 0.6) is 0 Å². The van der Waals surface area contributed by atoms with Crippen molar-refractivity contribution < 1.29 is 0 Å². The fourth-order valence-corrected chi connectivity index (χ4v) is 2.93. The second-order valence-corrected chi connectivity index (χ2v) is 5.67. The van der Waals surface area contributed by atoms with Crippen LogP contribution < -0.4 is 15.8 Å². The fraction of sp³-hybridized carbons (Fsp3) is 0.533. The lowest BCUT2D eigenvalue weighted by Gasteiger charge is -2.28. The minimum Gasteiger partial charge on any atom is -0.342 e. The number of nitrogens with zero attached hydrogens (tertiary/aromatic N) is 1. The van der Waals surface area contributed by atoms with Gasteiger partial charge in [0.25, 0.3) is 0 Å². The molecule has 4 heteroatoms. The van der Waals surface area contributed by atoms with Gasteiger partial charge in [-0.25, -0.2) is 10.4 Å². The monoisotopic (exact) mass is 277 g/mol. The molecule has 2 rings (SSSR count). The van der Waals surface area contributed by atoms with Gasteiger partial charge in [0.2, 0.25) is 0 Å². The second kappa shape index (κ2) is 5.47. The number of thiocarbonyl (C=S) groups is 1. The highest BCUT2D eigenvalue weighted by atomic mass is 32.1. The van der Waals surface area contributed by atoms with Crippen LogP contribution in [0.1, 0.15) is 44.2 Å². The van der Waals surface area contributed by atoms with Crippen LogP contribution in [0.4, 0.5) is 5.69 Å². The summed E-state index contributed by atoms with van der Waals surface area (Å²) < 4.78 is 0. The Morgan fingerprint density at radius 3 is 2.63 bits per heavy atom. The number of anilines is 1. The predicted molar refractivity (Wildman–Crippen MR) is 85.2 cm³/mol. The van der Waals surface area contributed by atoms with Crippen LogP contribution in [0.2, 0.25) is 0 Å². The standard InChI is InChI=1S/C15H23N3S/c1-5-10-15(6-2)16-14(19)18(17-15)13-9-7-8-11(3)12(13)4/h7-9,17H,5-6,10H2,1-4H3,(H,16,19). The molecule has 1 atom stereocenters. The summed E-state index contributed by atoms with van der Waals surface area (Å²) in [6, 6.07) is 6.32. The third-order valence-corrected chi connectivity index (χ3v) is 4.26. The van der Waals surface area contributed by atoms with Crippen molar-refractivity contribution in [2.45, 2.75) is 52.6 Å². The minimum absolute atomic E-state index is 0.0952. The van der Waals surface area contributed by atoms with E-state index in [4.69, 9.17) is 12.2 Å². The summed E-state index contributed by atoms with van der Waals surface area (Å²) in [6.45, 7) is 8.65. The van der Waals surface area contributed by atoms with E-state index in [1.54, 1.807) is 0 Å². The van der Waals surface area contributed by atoms with E-state index in [0.29, 0.717) is 0 Å². The number of aryl methyl sites for hydroxylation is 1. The molecule has 1 aromatic carbocycles. The van der Waals surface area contributed by atoms with Gasteiger partial charge in [0.1, 0.15) is 5.66 Å². The van der Waals surface area contributed by atoms with Crippen molar-refractivity contribution in [2.75, 3.05) is 5.01 Å². The Hall–Kier alpha value is -1.13. The summed E-state index contributed by atoms with van der Waals surface area (Å²) in [6.07, 6.45) is 3.18. The van der Waals surface area contributed by atoms with Gasteiger partial charge in [-0.05, 0) is 56.1 Å². The van der Waals surface area contributed by atoms with Crippen LogP contribution in [-0.2, 0) is 0 Å². The minimum atomic E-state index is -0.0952. The first-order chi connectivity index (χ1) is 9.03. The average Bonchev–Trinajstić information content (AvgIpc) is 2.71. The maximum Gasteiger partial charge on any atom is 0.189 e. The van der Waals surface area contributed by atoms with Gasteiger partial charge < -0.3 is 5.32 Å². The van der Waals surface area contributed by atoms with Crippen molar-refractivity contribution >= 4 is 23.0 Å². The average molecular weight is 277 g/mol. The lowest BCUT2D eigenvalue weighted by atomic mass is 10.0. The largest absolute Gasteiger partial charge is 0.342 e. The maximum absolute atomic E-state index is 5.51. The molecule has 0 aromatic heterocycles. The molecule has 19 heavy (non-hydrogen) atoms. The summed E-state index contributed by atoms with van der Waals surface area (Å²) in [5, 5.41) is 6.25. The van der Waals surface area contributed by atoms with E-state index in [-0.39, 0.29) is 5.66 Å². The van der Waals surface area contributed by atoms with Gasteiger partial charge in [0.15, 0.2) is 5.11 Å². The van der Waals surface area contributed by atoms with E-state index in [1.165, 1.54) is 11.1 Å². The number of hydrazine groups is 1. The molecule has 0 spiro atoms. The van der Waals surface area contributed by atoms with Crippen LogP contribution in [0.3, 0.4) is 0 Å². The summed E-state index contributed by atoms with van der Waals surface area (Å²) in [5.74, 6) is 0. The van der Waals surface area contributed by atoms with Crippen LogP contribution in [0.15, 0.2) is 18.2 Å². The third-order valence-electron chi connectivity index (χ3n) is 3.97. The van der Waals surface area contributed by atoms with Crippen molar-refractivity contribution in [1.82, 2.24) is 10.7 Å². The molecule has 0 amide bonds. The molecule has 3 nitrogen and oxygen atoms in total. The molecule has 0 bridgehead atoms. The molecule has 1 fully saturated rings. The summed E-state index contributed by atoms with van der Waals surface area (Å²) in [4.78, 5) is 0. The second-order valence-electron chi connectivity index (χ2n) is 5.28. The summed E-state index contributed by atoms with van der Waals surface area (Å²) >= 11 is 5.51. The van der Waals surface area contributed by atoms with Gasteiger partial charge in [-0.15, -0.1) is 0 Å². The SMILES string of the molecule is CCCC1(CC)NC(=S)N(c2cccc(C)c2C)N1. The smallest absolute Gasteiger partial charge is 0.189 e. The van der Waals surface area contributed by atoms with Gasteiger partial charge >= 0.3 is 0 Å². The topological polar surface area (TPSA) is 27.3 Å². The Bertz CT molecular complexity index is 486. The number of benzene rings is 1. The van der Waals surface area contributed by atoms with Crippen molar-refractivity contribution in [3.05, 3.63) is 29.3 Å². The third kappa shape index (κ3) is 2.60. The fourth-order valence-electron chi connectivity index (χ4n) is 2.59. The van der Waals surface area contributed by atoms with E-state index in [1.807, 2.05) is 5.01 Å². The molecule has 1 unspecified atom stereocenters. The van der Waals surface area contributed by atoms with Gasteiger partial charge in [-0.1, -0.05) is 32.4 Å². The Balaban J connectivity index is 2.32. The number of nitrogens with one attached hydrogen (secondary N) is 2. The van der Waals surface area contributed by atoms with Crippen molar-refractivity contribution in [2.24, 2.45) is 0 Å².